The van der Waals surface area contributed by atoms with Gasteiger partial charge in [-0.05, 0) is 34.3 Å². The van der Waals surface area contributed by atoms with Crippen molar-refractivity contribution in [2.24, 2.45) is 5.92 Å². The number of nitrogens with zero attached hydrogens (tertiary/aromatic N) is 1. The van der Waals surface area contributed by atoms with Gasteiger partial charge in [0.15, 0.2) is 0 Å². The molecule has 1 heterocycles. The van der Waals surface area contributed by atoms with Crippen LogP contribution in [-0.4, -0.2) is 23.2 Å². The zero-order valence-electron chi connectivity index (χ0n) is 10.5. The van der Waals surface area contributed by atoms with Crippen LogP contribution in [-0.2, 0) is 6.18 Å². The molecule has 0 aromatic carbocycles. The molecule has 1 aromatic rings. The quantitative estimate of drug-likeness (QED) is 0.830. The number of aliphatic hydroxyl groups excluding tert-OH is 1. The highest BCUT2D eigenvalue weighted by Crippen LogP contribution is 2.35. The van der Waals surface area contributed by atoms with Crippen LogP contribution in [0.2, 0.25) is 0 Å². The molecule has 1 aromatic heterocycles. The van der Waals surface area contributed by atoms with Crippen LogP contribution in [0.15, 0.2) is 16.7 Å². The lowest BCUT2D eigenvalue weighted by molar-refractivity contribution is -0.137. The van der Waals surface area contributed by atoms with E-state index >= 15 is 0 Å². The van der Waals surface area contributed by atoms with Crippen molar-refractivity contribution in [3.63, 3.8) is 0 Å². The summed E-state index contributed by atoms with van der Waals surface area (Å²) in [5.41, 5.74) is -0.791. The number of rotatable bonds is 6. The topological polar surface area (TPSA) is 45.1 Å². The van der Waals surface area contributed by atoms with Crippen LogP contribution in [0.25, 0.3) is 0 Å². The Bertz CT molecular complexity index is 412. The van der Waals surface area contributed by atoms with E-state index in [2.05, 4.69) is 26.2 Å². The number of halogens is 4. The molecule has 2 N–H and O–H groups in total. The second-order valence-corrected chi connectivity index (χ2v) is 5.13. The average molecular weight is 341 g/mol. The lowest BCUT2D eigenvalue weighted by atomic mass is 10.0. The van der Waals surface area contributed by atoms with Crippen molar-refractivity contribution in [1.82, 2.24) is 4.98 Å². The van der Waals surface area contributed by atoms with Crippen LogP contribution in [0.5, 0.6) is 0 Å². The fourth-order valence-electron chi connectivity index (χ4n) is 1.67. The minimum Gasteiger partial charge on any atom is -0.396 e. The number of aliphatic hydroxyl groups is 1. The molecule has 108 valence electrons. The van der Waals surface area contributed by atoms with E-state index in [-0.39, 0.29) is 22.8 Å². The Morgan fingerprint density at radius 2 is 2.16 bits per heavy atom. The van der Waals surface area contributed by atoms with Crippen molar-refractivity contribution in [1.29, 1.82) is 0 Å². The number of hydrogen-bond acceptors (Lipinski definition) is 3. The van der Waals surface area contributed by atoms with E-state index in [0.717, 1.165) is 12.5 Å². The predicted molar refractivity (Wildman–Crippen MR) is 70.9 cm³/mol. The average Bonchev–Trinajstić information content (AvgIpc) is 2.34. The monoisotopic (exact) mass is 340 g/mol. The molecule has 19 heavy (non-hydrogen) atoms. The SMILES string of the molecule is CCC(CCO)CNc1ncc(Br)cc1C(F)(F)F. The minimum absolute atomic E-state index is 0.0279. The van der Waals surface area contributed by atoms with Gasteiger partial charge in [-0.3, -0.25) is 0 Å². The molecule has 0 bridgehead atoms. The second kappa shape index (κ2) is 7.09. The van der Waals surface area contributed by atoms with E-state index < -0.39 is 11.7 Å². The summed E-state index contributed by atoms with van der Waals surface area (Å²) >= 11 is 2.98. The molecule has 0 aliphatic heterocycles. The predicted octanol–water partition coefficient (Wildman–Crippen LogP) is 3.68. The van der Waals surface area contributed by atoms with Crippen molar-refractivity contribution < 1.29 is 18.3 Å². The van der Waals surface area contributed by atoms with E-state index in [9.17, 15) is 13.2 Å². The van der Waals surface area contributed by atoms with Crippen LogP contribution in [0.3, 0.4) is 0 Å². The Balaban J connectivity index is 2.83. The Labute approximate surface area is 118 Å². The smallest absolute Gasteiger partial charge is 0.396 e. The number of hydrogen-bond donors (Lipinski definition) is 2. The molecule has 0 saturated carbocycles. The molecule has 0 spiro atoms. The summed E-state index contributed by atoms with van der Waals surface area (Å²) in [4.78, 5) is 3.77. The van der Waals surface area contributed by atoms with Gasteiger partial charge in [-0.25, -0.2) is 4.98 Å². The summed E-state index contributed by atoms with van der Waals surface area (Å²) in [6, 6.07) is 1.00. The van der Waals surface area contributed by atoms with Gasteiger partial charge in [0.05, 0.1) is 5.56 Å². The van der Waals surface area contributed by atoms with Gasteiger partial charge in [0, 0.05) is 23.8 Å². The molecule has 1 rings (SSSR count). The normalized spacial score (nSPS) is 13.4. The van der Waals surface area contributed by atoms with Gasteiger partial charge >= 0.3 is 6.18 Å². The molecule has 0 radical (unpaired) electrons. The van der Waals surface area contributed by atoms with E-state index in [0.29, 0.717) is 13.0 Å². The largest absolute Gasteiger partial charge is 0.419 e. The molecule has 1 atom stereocenters. The first-order chi connectivity index (χ1) is 8.88. The lowest BCUT2D eigenvalue weighted by Gasteiger charge is -2.18. The number of aromatic nitrogens is 1. The number of anilines is 1. The van der Waals surface area contributed by atoms with E-state index in [1.165, 1.54) is 6.20 Å². The first-order valence-corrected chi connectivity index (χ1v) is 6.75. The number of alkyl halides is 3. The maximum atomic E-state index is 12.8. The summed E-state index contributed by atoms with van der Waals surface area (Å²) in [6.07, 6.45) is -1.78. The molecule has 0 amide bonds. The Kier molecular flexibility index (Phi) is 6.06. The standard InChI is InChI=1S/C12H16BrF3N2O/c1-2-8(3-4-19)6-17-11-10(12(14,15)16)5-9(13)7-18-11/h5,7-8,19H,2-4,6H2,1H3,(H,17,18). The molecular formula is C12H16BrF3N2O. The summed E-state index contributed by atoms with van der Waals surface area (Å²) in [6.45, 7) is 2.32. The third-order valence-electron chi connectivity index (χ3n) is 2.83. The van der Waals surface area contributed by atoms with Gasteiger partial charge in [0.25, 0.3) is 0 Å². The highest BCUT2D eigenvalue weighted by molar-refractivity contribution is 9.10. The summed E-state index contributed by atoms with van der Waals surface area (Å²) in [7, 11) is 0. The Morgan fingerprint density at radius 1 is 1.47 bits per heavy atom. The van der Waals surface area contributed by atoms with E-state index in [1.54, 1.807) is 0 Å². The zero-order valence-corrected chi connectivity index (χ0v) is 12.1. The van der Waals surface area contributed by atoms with Crippen molar-refractivity contribution in [2.75, 3.05) is 18.5 Å². The van der Waals surface area contributed by atoms with Crippen molar-refractivity contribution in [3.05, 3.63) is 22.3 Å². The van der Waals surface area contributed by atoms with Crippen LogP contribution in [0.4, 0.5) is 19.0 Å². The van der Waals surface area contributed by atoms with Gasteiger partial charge in [-0.1, -0.05) is 13.3 Å². The highest BCUT2D eigenvalue weighted by atomic mass is 79.9. The summed E-state index contributed by atoms with van der Waals surface area (Å²) in [5.74, 6) is -0.0522. The van der Waals surface area contributed by atoms with Gasteiger partial charge in [0.1, 0.15) is 5.82 Å². The van der Waals surface area contributed by atoms with Crippen molar-refractivity contribution >= 4 is 21.7 Å². The van der Waals surface area contributed by atoms with Gasteiger partial charge < -0.3 is 10.4 Å². The molecule has 0 aliphatic carbocycles. The van der Waals surface area contributed by atoms with Gasteiger partial charge in [-0.15, -0.1) is 0 Å². The molecule has 1 unspecified atom stereocenters. The lowest BCUT2D eigenvalue weighted by Crippen LogP contribution is -2.19. The van der Waals surface area contributed by atoms with Crippen molar-refractivity contribution in [3.8, 4) is 0 Å². The first kappa shape index (κ1) is 16.2. The van der Waals surface area contributed by atoms with Gasteiger partial charge in [0.2, 0.25) is 0 Å². The molecule has 7 heteroatoms. The summed E-state index contributed by atoms with van der Waals surface area (Å²) < 4.78 is 38.8. The van der Waals surface area contributed by atoms with Crippen LogP contribution < -0.4 is 5.32 Å². The number of pyridine rings is 1. The molecular weight excluding hydrogens is 325 g/mol. The van der Waals surface area contributed by atoms with Gasteiger partial charge in [-0.2, -0.15) is 13.2 Å². The zero-order chi connectivity index (χ0) is 14.5. The fourth-order valence-corrected chi connectivity index (χ4v) is 2.00. The minimum atomic E-state index is -4.45. The van der Waals surface area contributed by atoms with Crippen LogP contribution in [0.1, 0.15) is 25.3 Å². The molecule has 0 fully saturated rings. The van der Waals surface area contributed by atoms with Crippen LogP contribution >= 0.6 is 15.9 Å². The molecule has 0 aliphatic rings. The molecule has 0 saturated heterocycles. The van der Waals surface area contributed by atoms with E-state index in [1.807, 2.05) is 6.92 Å². The van der Waals surface area contributed by atoms with Crippen molar-refractivity contribution in [2.45, 2.75) is 25.9 Å². The Morgan fingerprint density at radius 3 is 2.68 bits per heavy atom. The maximum Gasteiger partial charge on any atom is 0.419 e. The summed E-state index contributed by atoms with van der Waals surface area (Å²) in [5, 5.41) is 11.6. The number of nitrogens with one attached hydrogen (secondary N) is 1. The fraction of sp³-hybridized carbons (Fsp3) is 0.583. The molecule has 3 nitrogen and oxygen atoms in total. The second-order valence-electron chi connectivity index (χ2n) is 4.21. The highest BCUT2D eigenvalue weighted by Gasteiger charge is 2.34. The third kappa shape index (κ3) is 4.99. The van der Waals surface area contributed by atoms with Crippen LogP contribution in [0, 0.1) is 5.92 Å². The first-order valence-electron chi connectivity index (χ1n) is 5.96. The Hall–Kier alpha value is -0.820. The van der Waals surface area contributed by atoms with E-state index in [4.69, 9.17) is 5.11 Å². The maximum absolute atomic E-state index is 12.8. The third-order valence-corrected chi connectivity index (χ3v) is 3.27.